The molecule has 2 aromatic carbocycles. The standard InChI is InChI=1S/C22H24N2O5/c1-27-18-8-4-2-6-16(18)22(10-12-28-13-11-22)15-23-20(25)14-24-17-7-3-5-9-19(17)29-21(24)26/h2-9H,10-15H2,1H3,(H,23,25). The minimum atomic E-state index is -0.535. The molecule has 2 heterocycles. The molecule has 0 spiro atoms. The molecule has 1 amide bonds. The van der Waals surface area contributed by atoms with Crippen molar-refractivity contribution in [2.24, 2.45) is 0 Å². The highest BCUT2D eigenvalue weighted by Crippen LogP contribution is 2.39. The summed E-state index contributed by atoms with van der Waals surface area (Å²) in [5.74, 6) is 0.0342. The van der Waals surface area contributed by atoms with Crippen molar-refractivity contribution in [2.45, 2.75) is 24.8 Å². The Kier molecular flexibility index (Phi) is 5.40. The average molecular weight is 396 g/mol. The second kappa shape index (κ2) is 8.13. The summed E-state index contributed by atoms with van der Waals surface area (Å²) >= 11 is 0. The maximum atomic E-state index is 12.7. The zero-order valence-corrected chi connectivity index (χ0v) is 16.3. The van der Waals surface area contributed by atoms with Gasteiger partial charge in [0.1, 0.15) is 12.3 Å². The molecular weight excluding hydrogens is 372 g/mol. The first kappa shape index (κ1) is 19.3. The maximum absolute atomic E-state index is 12.7. The normalized spacial score (nSPS) is 15.9. The number of carbonyl (C=O) groups is 1. The van der Waals surface area contributed by atoms with Crippen LogP contribution in [0.1, 0.15) is 18.4 Å². The summed E-state index contributed by atoms with van der Waals surface area (Å²) in [6.45, 7) is 1.61. The first-order valence-electron chi connectivity index (χ1n) is 9.69. The lowest BCUT2D eigenvalue weighted by Crippen LogP contribution is -2.45. The van der Waals surface area contributed by atoms with Crippen LogP contribution in [0.15, 0.2) is 57.7 Å². The number of methoxy groups -OCH3 is 1. The van der Waals surface area contributed by atoms with Gasteiger partial charge < -0.3 is 19.2 Å². The molecule has 1 fully saturated rings. The monoisotopic (exact) mass is 396 g/mol. The SMILES string of the molecule is COc1ccccc1C1(CNC(=O)Cn2c(=O)oc3ccccc32)CCOCC1. The summed E-state index contributed by atoms with van der Waals surface area (Å²) in [4.78, 5) is 24.8. The number of hydrogen-bond acceptors (Lipinski definition) is 5. The van der Waals surface area contributed by atoms with E-state index in [4.69, 9.17) is 13.9 Å². The molecular formula is C22H24N2O5. The molecule has 1 aliphatic rings. The van der Waals surface area contributed by atoms with Crippen molar-refractivity contribution >= 4 is 17.0 Å². The van der Waals surface area contributed by atoms with E-state index in [-0.39, 0.29) is 17.9 Å². The van der Waals surface area contributed by atoms with E-state index in [1.165, 1.54) is 4.57 Å². The Labute approximate surface area is 168 Å². The number of nitrogens with one attached hydrogen (secondary N) is 1. The van der Waals surface area contributed by atoms with Gasteiger partial charge in [0.05, 0.1) is 12.6 Å². The van der Waals surface area contributed by atoms with Gasteiger partial charge in [0.2, 0.25) is 5.91 Å². The van der Waals surface area contributed by atoms with Gasteiger partial charge in [-0.3, -0.25) is 9.36 Å². The lowest BCUT2D eigenvalue weighted by molar-refractivity contribution is -0.122. The third-order valence-electron chi connectivity index (χ3n) is 5.63. The van der Waals surface area contributed by atoms with Gasteiger partial charge in [0, 0.05) is 30.7 Å². The third kappa shape index (κ3) is 3.78. The number of carbonyl (C=O) groups excluding carboxylic acids is 1. The second-order valence-electron chi connectivity index (χ2n) is 7.29. The molecule has 152 valence electrons. The van der Waals surface area contributed by atoms with Crippen LogP contribution in [0, 0.1) is 0 Å². The number of nitrogens with zero attached hydrogens (tertiary/aromatic N) is 1. The van der Waals surface area contributed by atoms with Crippen LogP contribution in [-0.4, -0.2) is 37.3 Å². The molecule has 1 saturated heterocycles. The summed E-state index contributed by atoms with van der Waals surface area (Å²) < 4.78 is 17.7. The average Bonchev–Trinajstić information content (AvgIpc) is 3.08. The van der Waals surface area contributed by atoms with Gasteiger partial charge in [0.25, 0.3) is 0 Å². The van der Waals surface area contributed by atoms with Crippen LogP contribution in [0.3, 0.4) is 0 Å². The molecule has 0 radical (unpaired) electrons. The Balaban J connectivity index is 1.54. The summed E-state index contributed by atoms with van der Waals surface area (Å²) in [5.41, 5.74) is 1.87. The summed E-state index contributed by atoms with van der Waals surface area (Å²) in [7, 11) is 1.65. The van der Waals surface area contributed by atoms with Crippen molar-refractivity contribution in [1.29, 1.82) is 0 Å². The first-order chi connectivity index (χ1) is 14.1. The van der Waals surface area contributed by atoms with E-state index in [0.717, 1.165) is 24.2 Å². The van der Waals surface area contributed by atoms with Crippen molar-refractivity contribution in [3.8, 4) is 5.75 Å². The first-order valence-corrected chi connectivity index (χ1v) is 9.69. The molecule has 3 aromatic rings. The summed E-state index contributed by atoms with van der Waals surface area (Å²) in [6.07, 6.45) is 1.56. The molecule has 4 rings (SSSR count). The predicted molar refractivity (Wildman–Crippen MR) is 108 cm³/mol. The number of aromatic nitrogens is 1. The lowest BCUT2D eigenvalue weighted by atomic mass is 9.73. The zero-order chi connectivity index (χ0) is 20.3. The molecule has 7 heteroatoms. The van der Waals surface area contributed by atoms with Crippen LogP contribution in [0.2, 0.25) is 0 Å². The molecule has 0 aliphatic carbocycles. The number of rotatable bonds is 6. The van der Waals surface area contributed by atoms with Crippen molar-refractivity contribution in [3.63, 3.8) is 0 Å². The predicted octanol–water partition coefficient (Wildman–Crippen LogP) is 2.47. The van der Waals surface area contributed by atoms with Crippen LogP contribution in [0.25, 0.3) is 11.1 Å². The highest BCUT2D eigenvalue weighted by Gasteiger charge is 2.37. The van der Waals surface area contributed by atoms with Gasteiger partial charge in [0.15, 0.2) is 5.58 Å². The van der Waals surface area contributed by atoms with Crippen LogP contribution in [0.4, 0.5) is 0 Å². The summed E-state index contributed by atoms with van der Waals surface area (Å²) in [6, 6.07) is 15.0. The highest BCUT2D eigenvalue weighted by atomic mass is 16.5. The minimum Gasteiger partial charge on any atom is -0.496 e. The minimum absolute atomic E-state index is 0.0889. The van der Waals surface area contributed by atoms with Crippen LogP contribution in [-0.2, 0) is 21.5 Å². The Morgan fingerprint density at radius 2 is 1.86 bits per heavy atom. The fourth-order valence-electron chi connectivity index (χ4n) is 4.02. The van der Waals surface area contributed by atoms with Crippen molar-refractivity contribution in [2.75, 3.05) is 26.9 Å². The number of amides is 1. The Hall–Kier alpha value is -3.06. The molecule has 29 heavy (non-hydrogen) atoms. The third-order valence-corrected chi connectivity index (χ3v) is 5.63. The fourth-order valence-corrected chi connectivity index (χ4v) is 4.02. The largest absolute Gasteiger partial charge is 0.496 e. The van der Waals surface area contributed by atoms with Crippen molar-refractivity contribution < 1.29 is 18.7 Å². The zero-order valence-electron chi connectivity index (χ0n) is 16.3. The topological polar surface area (TPSA) is 82.7 Å². The van der Waals surface area contributed by atoms with E-state index in [2.05, 4.69) is 5.32 Å². The highest BCUT2D eigenvalue weighted by molar-refractivity contribution is 5.79. The lowest BCUT2D eigenvalue weighted by Gasteiger charge is -2.38. The number of hydrogen-bond donors (Lipinski definition) is 1. The van der Waals surface area contributed by atoms with Gasteiger partial charge in [-0.2, -0.15) is 0 Å². The fraction of sp³-hybridized carbons (Fsp3) is 0.364. The molecule has 0 bridgehead atoms. The molecule has 1 N–H and O–H groups in total. The molecule has 0 saturated carbocycles. The second-order valence-corrected chi connectivity index (χ2v) is 7.29. The van der Waals surface area contributed by atoms with Gasteiger partial charge >= 0.3 is 5.76 Å². The number of ether oxygens (including phenoxy) is 2. The number of para-hydroxylation sites is 3. The van der Waals surface area contributed by atoms with Gasteiger partial charge in [-0.1, -0.05) is 30.3 Å². The van der Waals surface area contributed by atoms with E-state index < -0.39 is 5.76 Å². The van der Waals surface area contributed by atoms with Gasteiger partial charge in [-0.05, 0) is 31.0 Å². The van der Waals surface area contributed by atoms with Crippen molar-refractivity contribution in [1.82, 2.24) is 9.88 Å². The molecule has 0 atom stereocenters. The van der Waals surface area contributed by atoms with Crippen LogP contribution < -0.4 is 15.8 Å². The molecule has 7 nitrogen and oxygen atoms in total. The van der Waals surface area contributed by atoms with Gasteiger partial charge in [-0.15, -0.1) is 0 Å². The van der Waals surface area contributed by atoms with E-state index in [0.29, 0.717) is 30.9 Å². The van der Waals surface area contributed by atoms with E-state index in [1.807, 2.05) is 30.3 Å². The number of benzene rings is 2. The van der Waals surface area contributed by atoms with Crippen molar-refractivity contribution in [3.05, 3.63) is 64.6 Å². The maximum Gasteiger partial charge on any atom is 0.420 e. The quantitative estimate of drug-likeness (QED) is 0.692. The van der Waals surface area contributed by atoms with E-state index >= 15 is 0 Å². The van der Waals surface area contributed by atoms with E-state index in [1.54, 1.807) is 25.3 Å². The van der Waals surface area contributed by atoms with Gasteiger partial charge in [-0.25, -0.2) is 4.79 Å². The number of oxazole rings is 1. The Morgan fingerprint density at radius 3 is 2.66 bits per heavy atom. The molecule has 1 aliphatic heterocycles. The van der Waals surface area contributed by atoms with Crippen LogP contribution in [0.5, 0.6) is 5.75 Å². The smallest absolute Gasteiger partial charge is 0.420 e. The molecule has 0 unspecified atom stereocenters. The number of fused-ring (bicyclic) bond motifs is 1. The Morgan fingerprint density at radius 1 is 1.14 bits per heavy atom. The van der Waals surface area contributed by atoms with Crippen LogP contribution >= 0.6 is 0 Å². The molecule has 1 aromatic heterocycles. The Bertz CT molecular complexity index is 1060. The summed E-state index contributed by atoms with van der Waals surface area (Å²) in [5, 5.41) is 3.02. The van der Waals surface area contributed by atoms with E-state index in [9.17, 15) is 9.59 Å².